The predicted octanol–water partition coefficient (Wildman–Crippen LogP) is 5.46. The third-order valence-electron chi connectivity index (χ3n) is 3.94. The fourth-order valence-electron chi connectivity index (χ4n) is 2.48. The van der Waals surface area contributed by atoms with Gasteiger partial charge in [-0.05, 0) is 43.2 Å². The molecule has 0 N–H and O–H groups in total. The first-order chi connectivity index (χ1) is 11.8. The van der Waals surface area contributed by atoms with Crippen LogP contribution in [0.1, 0.15) is 71.8 Å². The van der Waals surface area contributed by atoms with Crippen LogP contribution in [0.3, 0.4) is 0 Å². The van der Waals surface area contributed by atoms with Gasteiger partial charge in [0.25, 0.3) is 0 Å². The van der Waals surface area contributed by atoms with Crippen LogP contribution >= 0.6 is 0 Å². The van der Waals surface area contributed by atoms with E-state index in [9.17, 15) is 9.59 Å². The molecule has 0 fully saturated rings. The van der Waals surface area contributed by atoms with Crippen LogP contribution in [-0.2, 0) is 9.59 Å². The van der Waals surface area contributed by atoms with E-state index in [2.05, 4.69) is 27.7 Å². The maximum atomic E-state index is 12.1. The maximum absolute atomic E-state index is 12.1. The number of esters is 2. The van der Waals surface area contributed by atoms with Crippen molar-refractivity contribution < 1.29 is 19.1 Å². The van der Waals surface area contributed by atoms with Gasteiger partial charge in [-0.3, -0.25) is 9.59 Å². The van der Waals surface area contributed by atoms with Crippen molar-refractivity contribution in [3.8, 4) is 11.5 Å². The average Bonchev–Trinajstić information content (AvgIpc) is 2.50. The van der Waals surface area contributed by atoms with Crippen molar-refractivity contribution in [3.63, 3.8) is 0 Å². The molecule has 0 unspecified atom stereocenters. The van der Waals surface area contributed by atoms with E-state index in [0.29, 0.717) is 36.2 Å². The molecule has 140 valence electrons. The minimum atomic E-state index is -0.289. The first-order valence-electron chi connectivity index (χ1n) is 9.30. The average molecular weight is 348 g/mol. The quantitative estimate of drug-likeness (QED) is 0.416. The van der Waals surface area contributed by atoms with Crippen molar-refractivity contribution in [2.24, 2.45) is 11.8 Å². The number of carbonyl (C=O) groups excluding carboxylic acids is 2. The summed E-state index contributed by atoms with van der Waals surface area (Å²) in [4.78, 5) is 24.1. The van der Waals surface area contributed by atoms with Gasteiger partial charge in [0.05, 0.1) is 0 Å². The van der Waals surface area contributed by atoms with Crippen molar-refractivity contribution in [3.05, 3.63) is 23.8 Å². The molecule has 0 amide bonds. The second kappa shape index (κ2) is 10.9. The molecule has 1 rings (SSSR count). The van der Waals surface area contributed by atoms with Gasteiger partial charge in [0.2, 0.25) is 0 Å². The highest BCUT2D eigenvalue weighted by Crippen LogP contribution is 2.31. The number of hydrogen-bond donors (Lipinski definition) is 0. The van der Waals surface area contributed by atoms with Crippen LogP contribution < -0.4 is 9.47 Å². The van der Waals surface area contributed by atoms with E-state index in [-0.39, 0.29) is 11.9 Å². The standard InChI is InChI=1S/C21H32O4/c1-15(2)9-6-13-19(22)24-18-12-8-11-17(5)21(18)25-20(23)14-7-10-16(3)4/h8,11-12,15-16H,6-7,9-10,13-14H2,1-5H3. The van der Waals surface area contributed by atoms with Gasteiger partial charge in [-0.15, -0.1) is 0 Å². The Morgan fingerprint density at radius 2 is 1.40 bits per heavy atom. The van der Waals surface area contributed by atoms with Gasteiger partial charge in [0, 0.05) is 12.8 Å². The van der Waals surface area contributed by atoms with Crippen molar-refractivity contribution in [2.75, 3.05) is 0 Å². The first kappa shape index (κ1) is 21.2. The van der Waals surface area contributed by atoms with Crippen molar-refractivity contribution >= 4 is 11.9 Å². The number of hydrogen-bond acceptors (Lipinski definition) is 4. The van der Waals surface area contributed by atoms with E-state index in [1.807, 2.05) is 13.0 Å². The Morgan fingerprint density at radius 1 is 0.880 bits per heavy atom. The van der Waals surface area contributed by atoms with Crippen LogP contribution in [0.5, 0.6) is 11.5 Å². The minimum absolute atomic E-state index is 0.285. The number of ether oxygens (including phenoxy) is 2. The van der Waals surface area contributed by atoms with Crippen LogP contribution in [0.4, 0.5) is 0 Å². The second-order valence-electron chi connectivity index (χ2n) is 7.42. The summed E-state index contributed by atoms with van der Waals surface area (Å²) in [5.41, 5.74) is 0.782. The van der Waals surface area contributed by atoms with E-state index in [1.54, 1.807) is 12.1 Å². The molecular weight excluding hydrogens is 316 g/mol. The molecule has 1 aromatic carbocycles. The Kier molecular flexibility index (Phi) is 9.25. The summed E-state index contributed by atoms with van der Waals surface area (Å²) in [6.45, 7) is 10.4. The molecule has 4 heteroatoms. The molecule has 0 bridgehead atoms. The Bertz CT molecular complexity index is 561. The van der Waals surface area contributed by atoms with Gasteiger partial charge in [-0.1, -0.05) is 52.7 Å². The van der Waals surface area contributed by atoms with Gasteiger partial charge in [-0.2, -0.15) is 0 Å². The van der Waals surface area contributed by atoms with Crippen LogP contribution in [-0.4, -0.2) is 11.9 Å². The molecule has 0 aliphatic rings. The Morgan fingerprint density at radius 3 is 1.92 bits per heavy atom. The number of aryl methyl sites for hydroxylation is 1. The summed E-state index contributed by atoms with van der Waals surface area (Å²) in [5, 5.41) is 0. The molecular formula is C21H32O4. The SMILES string of the molecule is Cc1cccc(OC(=O)CCCC(C)C)c1OC(=O)CCCC(C)C. The van der Waals surface area contributed by atoms with Crippen molar-refractivity contribution in [2.45, 2.75) is 73.1 Å². The summed E-state index contributed by atoms with van der Waals surface area (Å²) in [6, 6.07) is 5.30. The summed E-state index contributed by atoms with van der Waals surface area (Å²) in [6.07, 6.45) is 4.31. The van der Waals surface area contributed by atoms with Gasteiger partial charge < -0.3 is 9.47 Å². The Balaban J connectivity index is 2.64. The number of para-hydroxylation sites is 1. The summed E-state index contributed by atoms with van der Waals surface area (Å²) >= 11 is 0. The third-order valence-corrected chi connectivity index (χ3v) is 3.94. The molecule has 4 nitrogen and oxygen atoms in total. The van der Waals surface area contributed by atoms with Crippen LogP contribution in [0.25, 0.3) is 0 Å². The van der Waals surface area contributed by atoms with E-state index in [0.717, 1.165) is 31.2 Å². The monoisotopic (exact) mass is 348 g/mol. The highest BCUT2D eigenvalue weighted by molar-refractivity contribution is 5.76. The molecule has 0 spiro atoms. The zero-order chi connectivity index (χ0) is 18.8. The molecule has 0 aliphatic heterocycles. The highest BCUT2D eigenvalue weighted by Gasteiger charge is 2.16. The molecule has 0 atom stereocenters. The van der Waals surface area contributed by atoms with E-state index in [4.69, 9.17) is 9.47 Å². The zero-order valence-corrected chi connectivity index (χ0v) is 16.3. The van der Waals surface area contributed by atoms with E-state index in [1.165, 1.54) is 0 Å². The lowest BCUT2D eigenvalue weighted by molar-refractivity contribution is -0.137. The molecule has 25 heavy (non-hydrogen) atoms. The normalized spacial score (nSPS) is 11.0. The fraction of sp³-hybridized carbons (Fsp3) is 0.619. The molecule has 1 aromatic rings. The lowest BCUT2D eigenvalue weighted by Gasteiger charge is -2.13. The summed E-state index contributed by atoms with van der Waals surface area (Å²) in [5.74, 6) is 1.24. The van der Waals surface area contributed by atoms with Crippen molar-refractivity contribution in [1.29, 1.82) is 0 Å². The van der Waals surface area contributed by atoms with Gasteiger partial charge in [0.15, 0.2) is 11.5 Å². The molecule has 0 radical (unpaired) electrons. The largest absolute Gasteiger partial charge is 0.423 e. The number of benzene rings is 1. The maximum Gasteiger partial charge on any atom is 0.311 e. The van der Waals surface area contributed by atoms with E-state index >= 15 is 0 Å². The summed E-state index contributed by atoms with van der Waals surface area (Å²) < 4.78 is 10.9. The minimum Gasteiger partial charge on any atom is -0.423 e. The van der Waals surface area contributed by atoms with E-state index < -0.39 is 0 Å². The molecule has 0 aromatic heterocycles. The molecule has 0 saturated heterocycles. The Hall–Kier alpha value is -1.84. The molecule has 0 aliphatic carbocycles. The number of carbonyl (C=O) groups is 2. The van der Waals surface area contributed by atoms with Gasteiger partial charge in [0.1, 0.15) is 0 Å². The van der Waals surface area contributed by atoms with Crippen LogP contribution in [0.2, 0.25) is 0 Å². The van der Waals surface area contributed by atoms with Crippen LogP contribution in [0, 0.1) is 18.8 Å². The Labute approximate surface area is 151 Å². The lowest BCUT2D eigenvalue weighted by atomic mass is 10.1. The smallest absolute Gasteiger partial charge is 0.311 e. The topological polar surface area (TPSA) is 52.6 Å². The number of rotatable bonds is 10. The molecule has 0 saturated carbocycles. The predicted molar refractivity (Wildman–Crippen MR) is 99.8 cm³/mol. The highest BCUT2D eigenvalue weighted by atomic mass is 16.6. The third kappa shape index (κ3) is 8.71. The van der Waals surface area contributed by atoms with Gasteiger partial charge in [-0.25, -0.2) is 0 Å². The molecule has 0 heterocycles. The fourth-order valence-corrected chi connectivity index (χ4v) is 2.48. The van der Waals surface area contributed by atoms with Gasteiger partial charge >= 0.3 is 11.9 Å². The second-order valence-corrected chi connectivity index (χ2v) is 7.42. The first-order valence-corrected chi connectivity index (χ1v) is 9.30. The van der Waals surface area contributed by atoms with Crippen LogP contribution in [0.15, 0.2) is 18.2 Å². The zero-order valence-electron chi connectivity index (χ0n) is 16.3. The van der Waals surface area contributed by atoms with Crippen molar-refractivity contribution in [1.82, 2.24) is 0 Å². The lowest BCUT2D eigenvalue weighted by Crippen LogP contribution is -2.13. The summed E-state index contributed by atoms with van der Waals surface area (Å²) in [7, 11) is 0.